The number of hydrogen-bond donors (Lipinski definition) is 0. The number of nitrogens with zero attached hydrogens (tertiary/aromatic N) is 1. The fraction of sp³-hybridized carbons (Fsp3) is 0.688. The normalized spacial score (nSPS) is 38.7. The Balaban J connectivity index is 1.91. The van der Waals surface area contributed by atoms with Crippen molar-refractivity contribution in [3.63, 3.8) is 0 Å². The van der Waals surface area contributed by atoms with Crippen LogP contribution in [0.2, 0.25) is 0 Å². The Morgan fingerprint density at radius 1 is 1.44 bits per heavy atom. The van der Waals surface area contributed by atoms with E-state index in [1.54, 1.807) is 11.1 Å². The first kappa shape index (κ1) is 12.0. The molecule has 0 N–H and O–H groups in total. The molecule has 3 unspecified atom stereocenters. The van der Waals surface area contributed by atoms with Gasteiger partial charge in [0, 0.05) is 30.8 Å². The molecule has 0 aromatic heterocycles. The molecule has 2 nitrogen and oxygen atoms in total. The highest BCUT2D eigenvalue weighted by Crippen LogP contribution is 2.66. The van der Waals surface area contributed by atoms with Crippen molar-refractivity contribution >= 4 is 5.91 Å². The number of rotatable bonds is 2. The van der Waals surface area contributed by atoms with E-state index in [0.29, 0.717) is 23.8 Å². The highest BCUT2D eigenvalue weighted by Gasteiger charge is 2.57. The van der Waals surface area contributed by atoms with E-state index in [1.807, 2.05) is 11.9 Å². The van der Waals surface area contributed by atoms with Crippen molar-refractivity contribution in [2.24, 2.45) is 11.3 Å². The topological polar surface area (TPSA) is 20.3 Å². The number of hydrogen-bond acceptors (Lipinski definition) is 1. The molecule has 0 spiro atoms. The van der Waals surface area contributed by atoms with Gasteiger partial charge in [0.1, 0.15) is 0 Å². The van der Waals surface area contributed by atoms with E-state index in [9.17, 15) is 4.79 Å². The largest absolute Gasteiger partial charge is 0.342 e. The van der Waals surface area contributed by atoms with Crippen molar-refractivity contribution in [3.05, 3.63) is 23.3 Å². The monoisotopic (exact) mass is 245 g/mol. The molecular weight excluding hydrogens is 222 g/mol. The van der Waals surface area contributed by atoms with Crippen molar-refractivity contribution in [2.75, 3.05) is 7.05 Å². The lowest BCUT2D eigenvalue weighted by Gasteiger charge is -2.45. The molecule has 0 bridgehead atoms. The van der Waals surface area contributed by atoms with Crippen LogP contribution in [0.25, 0.3) is 0 Å². The van der Waals surface area contributed by atoms with Gasteiger partial charge in [-0.15, -0.1) is 0 Å². The van der Waals surface area contributed by atoms with Gasteiger partial charge in [0.15, 0.2) is 0 Å². The van der Waals surface area contributed by atoms with Gasteiger partial charge in [-0.1, -0.05) is 37.1 Å². The van der Waals surface area contributed by atoms with Gasteiger partial charge in [-0.05, 0) is 25.7 Å². The van der Waals surface area contributed by atoms with Crippen molar-refractivity contribution in [1.82, 2.24) is 4.90 Å². The van der Waals surface area contributed by atoms with Crippen LogP contribution in [0.1, 0.15) is 46.0 Å². The van der Waals surface area contributed by atoms with Crippen molar-refractivity contribution in [3.8, 4) is 0 Å². The molecule has 3 aliphatic rings. The molecule has 1 aliphatic heterocycles. The number of carbonyl (C=O) groups is 1. The zero-order valence-corrected chi connectivity index (χ0v) is 11.8. The average Bonchev–Trinajstić information content (AvgIpc) is 3.01. The number of likely N-dealkylation sites (tertiary alicyclic amines) is 1. The minimum Gasteiger partial charge on any atom is -0.342 e. The summed E-state index contributed by atoms with van der Waals surface area (Å²) in [7, 11) is 1.97. The van der Waals surface area contributed by atoms with Crippen LogP contribution in [0, 0.1) is 11.3 Å². The van der Waals surface area contributed by atoms with Gasteiger partial charge in [0.25, 0.3) is 0 Å². The summed E-state index contributed by atoms with van der Waals surface area (Å²) >= 11 is 0. The first-order valence-corrected chi connectivity index (χ1v) is 7.21. The molecule has 0 aromatic rings. The van der Waals surface area contributed by atoms with E-state index in [4.69, 9.17) is 0 Å². The molecule has 2 heteroatoms. The van der Waals surface area contributed by atoms with Crippen LogP contribution in [0.5, 0.6) is 0 Å². The molecule has 3 rings (SSSR count). The third-order valence-electron chi connectivity index (χ3n) is 5.65. The third-order valence-corrected chi connectivity index (χ3v) is 5.65. The van der Waals surface area contributed by atoms with Gasteiger partial charge in [0.05, 0.1) is 0 Å². The van der Waals surface area contributed by atoms with Gasteiger partial charge in [0.2, 0.25) is 5.91 Å². The standard InChI is InChI=1S/C16H23NO/c1-5-12-13-8-14-11(9-16(12,13)6-2)10(3)7-15(18)17(14)4/h11,14H,3,5-9H2,1-2,4H3. The maximum absolute atomic E-state index is 11.9. The fourth-order valence-corrected chi connectivity index (χ4v) is 4.50. The molecule has 98 valence electrons. The van der Waals surface area contributed by atoms with Crippen LogP contribution in [0.4, 0.5) is 0 Å². The lowest BCUT2D eigenvalue weighted by Crippen LogP contribution is -2.49. The zero-order chi connectivity index (χ0) is 13.1. The average molecular weight is 245 g/mol. The van der Waals surface area contributed by atoms with Crippen LogP contribution in [-0.4, -0.2) is 23.9 Å². The Morgan fingerprint density at radius 2 is 2.17 bits per heavy atom. The number of fused-ring (bicyclic) bond motifs is 2. The molecule has 1 saturated carbocycles. The molecule has 2 aliphatic carbocycles. The van der Waals surface area contributed by atoms with Gasteiger partial charge < -0.3 is 4.90 Å². The maximum Gasteiger partial charge on any atom is 0.226 e. The van der Waals surface area contributed by atoms with Crippen molar-refractivity contribution in [2.45, 2.75) is 52.0 Å². The van der Waals surface area contributed by atoms with Gasteiger partial charge in [-0.25, -0.2) is 0 Å². The summed E-state index contributed by atoms with van der Waals surface area (Å²) in [6.45, 7) is 8.76. The van der Waals surface area contributed by atoms with Crippen LogP contribution >= 0.6 is 0 Å². The summed E-state index contributed by atoms with van der Waals surface area (Å²) in [5, 5.41) is 0. The Kier molecular flexibility index (Phi) is 2.48. The fourth-order valence-electron chi connectivity index (χ4n) is 4.50. The van der Waals surface area contributed by atoms with E-state index in [2.05, 4.69) is 20.4 Å². The summed E-state index contributed by atoms with van der Waals surface area (Å²) in [6.07, 6.45) is 5.30. The van der Waals surface area contributed by atoms with Crippen LogP contribution in [0.15, 0.2) is 23.3 Å². The first-order chi connectivity index (χ1) is 8.55. The number of piperidine rings is 1. The molecule has 0 aromatic carbocycles. The summed E-state index contributed by atoms with van der Waals surface area (Å²) < 4.78 is 0. The first-order valence-electron chi connectivity index (χ1n) is 7.21. The molecule has 18 heavy (non-hydrogen) atoms. The van der Waals surface area contributed by atoms with Gasteiger partial charge >= 0.3 is 0 Å². The summed E-state index contributed by atoms with van der Waals surface area (Å²) in [6, 6.07) is 0.387. The van der Waals surface area contributed by atoms with Crippen molar-refractivity contribution in [1.29, 1.82) is 0 Å². The summed E-state index contributed by atoms with van der Waals surface area (Å²) in [4.78, 5) is 13.9. The summed E-state index contributed by atoms with van der Waals surface area (Å²) in [5.41, 5.74) is 4.97. The molecule has 1 saturated heterocycles. The Morgan fingerprint density at radius 3 is 2.78 bits per heavy atom. The second kappa shape index (κ2) is 3.72. The van der Waals surface area contributed by atoms with E-state index in [0.717, 1.165) is 6.42 Å². The minimum absolute atomic E-state index is 0.254. The zero-order valence-electron chi connectivity index (χ0n) is 11.8. The predicted octanol–water partition coefficient (Wildman–Crippen LogP) is 3.30. The second-order valence-corrected chi connectivity index (χ2v) is 6.17. The third kappa shape index (κ3) is 1.32. The lowest BCUT2D eigenvalue weighted by molar-refractivity contribution is -0.134. The SMILES string of the molecule is C=C1CC(=O)N(C)C2CC3=C(CC)C3(CC)CC12. The number of carbonyl (C=O) groups excluding carboxylic acids is 1. The Bertz CT molecular complexity index is 462. The molecule has 2 fully saturated rings. The maximum atomic E-state index is 11.9. The number of allylic oxidation sites excluding steroid dienone is 1. The highest BCUT2D eigenvalue weighted by molar-refractivity contribution is 5.80. The highest BCUT2D eigenvalue weighted by atomic mass is 16.2. The van der Waals surface area contributed by atoms with Crippen LogP contribution < -0.4 is 0 Å². The number of amides is 1. The van der Waals surface area contributed by atoms with E-state index in [-0.39, 0.29) is 5.91 Å². The Labute approximate surface area is 110 Å². The van der Waals surface area contributed by atoms with Crippen LogP contribution in [0.3, 0.4) is 0 Å². The molecular formula is C16H23NO. The molecule has 1 heterocycles. The minimum atomic E-state index is 0.254. The van der Waals surface area contributed by atoms with Crippen LogP contribution in [-0.2, 0) is 4.79 Å². The predicted molar refractivity (Wildman–Crippen MR) is 73.1 cm³/mol. The lowest BCUT2D eigenvalue weighted by atomic mass is 9.69. The molecule has 0 radical (unpaired) electrons. The summed E-state index contributed by atoms with van der Waals surface area (Å²) in [5.74, 6) is 0.782. The molecule has 3 atom stereocenters. The second-order valence-electron chi connectivity index (χ2n) is 6.17. The smallest absolute Gasteiger partial charge is 0.226 e. The quantitative estimate of drug-likeness (QED) is 0.684. The van der Waals surface area contributed by atoms with Crippen molar-refractivity contribution < 1.29 is 4.79 Å². The van der Waals surface area contributed by atoms with Gasteiger partial charge in [-0.2, -0.15) is 0 Å². The molecule has 1 amide bonds. The van der Waals surface area contributed by atoms with E-state index >= 15 is 0 Å². The van der Waals surface area contributed by atoms with E-state index in [1.165, 1.54) is 24.8 Å². The van der Waals surface area contributed by atoms with Gasteiger partial charge in [-0.3, -0.25) is 4.79 Å². The Hall–Kier alpha value is -1.05. The van der Waals surface area contributed by atoms with E-state index < -0.39 is 0 Å².